The van der Waals surface area contributed by atoms with E-state index in [1.54, 1.807) is 12.4 Å². The molecule has 0 amide bonds. The quantitative estimate of drug-likeness (QED) is 0.729. The number of nitrogens with zero attached hydrogens (tertiary/aromatic N) is 4. The van der Waals surface area contributed by atoms with E-state index in [-0.39, 0.29) is 0 Å². The van der Waals surface area contributed by atoms with E-state index >= 15 is 0 Å². The van der Waals surface area contributed by atoms with Crippen molar-refractivity contribution in [3.8, 4) is 11.4 Å². The van der Waals surface area contributed by atoms with Gasteiger partial charge in [-0.2, -0.15) is 4.98 Å². The van der Waals surface area contributed by atoms with Gasteiger partial charge in [-0.25, -0.2) is 4.98 Å². The fraction of sp³-hybridized carbons (Fsp3) is 0.176. The van der Waals surface area contributed by atoms with E-state index in [0.717, 1.165) is 29.3 Å². The van der Waals surface area contributed by atoms with Crippen molar-refractivity contribution >= 4 is 11.8 Å². The highest BCUT2D eigenvalue weighted by Crippen LogP contribution is 2.19. The third kappa shape index (κ3) is 4.00. The highest BCUT2D eigenvalue weighted by atomic mass is 15.1. The fourth-order valence-electron chi connectivity index (χ4n) is 2.12. The van der Waals surface area contributed by atoms with Crippen LogP contribution in [0.2, 0.25) is 0 Å². The summed E-state index contributed by atoms with van der Waals surface area (Å²) in [5.74, 6) is 1.34. The molecule has 0 atom stereocenters. The van der Waals surface area contributed by atoms with Gasteiger partial charge in [0.1, 0.15) is 5.82 Å². The lowest BCUT2D eigenvalue weighted by Crippen LogP contribution is -2.07. The molecule has 0 radical (unpaired) electrons. The minimum atomic E-state index is 0.587. The zero-order chi connectivity index (χ0) is 15.9. The highest BCUT2D eigenvalue weighted by molar-refractivity contribution is 5.60. The average Bonchev–Trinajstić information content (AvgIpc) is 2.62. The maximum atomic E-state index is 4.51. The zero-order valence-electron chi connectivity index (χ0n) is 12.9. The predicted molar refractivity (Wildman–Crippen MR) is 91.0 cm³/mol. The molecule has 0 aliphatic rings. The molecule has 0 unspecified atom stereocenters. The van der Waals surface area contributed by atoms with Gasteiger partial charge in [-0.15, -0.1) is 0 Å². The number of aromatic nitrogens is 4. The maximum Gasteiger partial charge on any atom is 0.225 e. The molecule has 0 aliphatic carbocycles. The van der Waals surface area contributed by atoms with Crippen LogP contribution in [-0.4, -0.2) is 26.5 Å². The van der Waals surface area contributed by atoms with E-state index in [4.69, 9.17) is 0 Å². The molecule has 3 aromatic rings. The van der Waals surface area contributed by atoms with E-state index < -0.39 is 0 Å². The van der Waals surface area contributed by atoms with Crippen LogP contribution >= 0.6 is 0 Å². The van der Waals surface area contributed by atoms with Gasteiger partial charge in [-0.3, -0.25) is 9.97 Å². The second-order valence-corrected chi connectivity index (χ2v) is 4.92. The highest BCUT2D eigenvalue weighted by Gasteiger charge is 2.07. The lowest BCUT2D eigenvalue weighted by atomic mass is 10.2. The lowest BCUT2D eigenvalue weighted by Gasteiger charge is -2.10. The van der Waals surface area contributed by atoms with Crippen molar-refractivity contribution in [3.63, 3.8) is 0 Å². The summed E-state index contributed by atoms with van der Waals surface area (Å²) < 4.78 is 0. The number of anilines is 2. The van der Waals surface area contributed by atoms with Gasteiger partial charge in [-0.05, 0) is 30.7 Å². The molecule has 3 rings (SSSR count). The van der Waals surface area contributed by atoms with Gasteiger partial charge in [-0.1, -0.05) is 12.1 Å². The average molecular weight is 306 g/mol. The summed E-state index contributed by atoms with van der Waals surface area (Å²) in [4.78, 5) is 17.5. The smallest absolute Gasteiger partial charge is 0.225 e. The molecule has 3 heterocycles. The summed E-state index contributed by atoms with van der Waals surface area (Å²) in [5, 5.41) is 6.46. The fourth-order valence-corrected chi connectivity index (χ4v) is 2.12. The molecule has 0 fully saturated rings. The minimum absolute atomic E-state index is 0.587. The second-order valence-electron chi connectivity index (χ2n) is 4.92. The van der Waals surface area contributed by atoms with Crippen molar-refractivity contribution in [1.29, 1.82) is 0 Å². The molecule has 0 saturated heterocycles. The number of pyridine rings is 2. The first-order chi connectivity index (χ1) is 11.3. The molecule has 116 valence electrons. The first-order valence-electron chi connectivity index (χ1n) is 7.52. The van der Waals surface area contributed by atoms with Crippen LogP contribution in [0.5, 0.6) is 0 Å². The Hall–Kier alpha value is -3.02. The summed E-state index contributed by atoms with van der Waals surface area (Å²) >= 11 is 0. The summed E-state index contributed by atoms with van der Waals surface area (Å²) in [5.41, 5.74) is 2.69. The van der Waals surface area contributed by atoms with Crippen LogP contribution in [0.3, 0.4) is 0 Å². The van der Waals surface area contributed by atoms with Gasteiger partial charge in [0.2, 0.25) is 5.95 Å². The Balaban J connectivity index is 1.85. The normalized spacial score (nSPS) is 10.3. The van der Waals surface area contributed by atoms with Crippen LogP contribution < -0.4 is 10.6 Å². The van der Waals surface area contributed by atoms with Crippen LogP contribution in [0.25, 0.3) is 11.4 Å². The Morgan fingerprint density at radius 2 is 1.91 bits per heavy atom. The first kappa shape index (κ1) is 14.9. The number of rotatable bonds is 6. The topological polar surface area (TPSA) is 75.6 Å². The van der Waals surface area contributed by atoms with Crippen molar-refractivity contribution in [2.75, 3.05) is 17.2 Å². The Bertz CT molecular complexity index is 746. The molecule has 0 aromatic carbocycles. The Morgan fingerprint density at radius 1 is 0.957 bits per heavy atom. The summed E-state index contributed by atoms with van der Waals surface area (Å²) in [6, 6.07) is 11.6. The third-order valence-electron chi connectivity index (χ3n) is 3.18. The van der Waals surface area contributed by atoms with Gasteiger partial charge in [0.25, 0.3) is 0 Å². The molecule has 2 N–H and O–H groups in total. The van der Waals surface area contributed by atoms with Gasteiger partial charge >= 0.3 is 0 Å². The van der Waals surface area contributed by atoms with Crippen molar-refractivity contribution in [1.82, 2.24) is 19.9 Å². The molecule has 0 saturated carbocycles. The molecule has 3 aromatic heterocycles. The summed E-state index contributed by atoms with van der Waals surface area (Å²) in [6.45, 7) is 3.42. The standard InChI is InChI=1S/C17H18N6/c1-2-19-17-22-15(14-7-3-4-9-20-14)10-16(23-17)21-12-13-6-5-8-18-11-13/h3-11H,2,12H2,1H3,(H2,19,21,22,23). The maximum absolute atomic E-state index is 4.51. The minimum Gasteiger partial charge on any atom is -0.366 e. The molecule has 0 spiro atoms. The predicted octanol–water partition coefficient (Wildman–Crippen LogP) is 2.98. The lowest BCUT2D eigenvalue weighted by molar-refractivity contribution is 1.04. The largest absolute Gasteiger partial charge is 0.366 e. The van der Waals surface area contributed by atoms with Crippen molar-refractivity contribution in [2.24, 2.45) is 0 Å². The van der Waals surface area contributed by atoms with E-state index in [1.807, 2.05) is 49.5 Å². The van der Waals surface area contributed by atoms with Crippen LogP contribution in [0.1, 0.15) is 12.5 Å². The second kappa shape index (κ2) is 7.31. The molecule has 6 nitrogen and oxygen atoms in total. The zero-order valence-corrected chi connectivity index (χ0v) is 12.9. The SMILES string of the molecule is CCNc1nc(NCc2cccnc2)cc(-c2ccccn2)n1. The van der Waals surface area contributed by atoms with Gasteiger partial charge in [0.05, 0.1) is 11.4 Å². The molecule has 6 heteroatoms. The van der Waals surface area contributed by atoms with Gasteiger partial charge in [0, 0.05) is 37.7 Å². The third-order valence-corrected chi connectivity index (χ3v) is 3.18. The van der Waals surface area contributed by atoms with Gasteiger partial charge < -0.3 is 10.6 Å². The summed E-state index contributed by atoms with van der Waals surface area (Å²) in [6.07, 6.45) is 5.35. The molecule has 23 heavy (non-hydrogen) atoms. The van der Waals surface area contributed by atoms with Crippen LogP contribution in [0.15, 0.2) is 55.0 Å². The summed E-state index contributed by atoms with van der Waals surface area (Å²) in [7, 11) is 0. The molecule has 0 bridgehead atoms. The van der Waals surface area contributed by atoms with E-state index in [2.05, 4.69) is 30.6 Å². The van der Waals surface area contributed by atoms with Crippen LogP contribution in [-0.2, 0) is 6.54 Å². The number of nitrogens with one attached hydrogen (secondary N) is 2. The Labute approximate surface area is 135 Å². The monoisotopic (exact) mass is 306 g/mol. The van der Waals surface area contributed by atoms with E-state index in [1.165, 1.54) is 0 Å². The van der Waals surface area contributed by atoms with Crippen molar-refractivity contribution in [3.05, 3.63) is 60.6 Å². The molecular weight excluding hydrogens is 288 g/mol. The molecular formula is C17H18N6. The number of hydrogen-bond donors (Lipinski definition) is 2. The first-order valence-corrected chi connectivity index (χ1v) is 7.52. The van der Waals surface area contributed by atoms with Crippen molar-refractivity contribution in [2.45, 2.75) is 13.5 Å². The van der Waals surface area contributed by atoms with E-state index in [0.29, 0.717) is 12.5 Å². The Morgan fingerprint density at radius 3 is 2.65 bits per heavy atom. The van der Waals surface area contributed by atoms with Crippen LogP contribution in [0.4, 0.5) is 11.8 Å². The van der Waals surface area contributed by atoms with Crippen molar-refractivity contribution < 1.29 is 0 Å². The van der Waals surface area contributed by atoms with E-state index in [9.17, 15) is 0 Å². The number of hydrogen-bond acceptors (Lipinski definition) is 6. The molecule has 0 aliphatic heterocycles. The van der Waals surface area contributed by atoms with Crippen LogP contribution in [0, 0.1) is 0 Å². The van der Waals surface area contributed by atoms with Gasteiger partial charge in [0.15, 0.2) is 0 Å². The Kier molecular flexibility index (Phi) is 4.73.